The number of likely N-dealkylation sites (tertiary alicyclic amines) is 1. The van der Waals surface area contributed by atoms with E-state index in [-0.39, 0.29) is 0 Å². The highest BCUT2D eigenvalue weighted by atomic mass is 16.5. The van der Waals surface area contributed by atoms with Crippen LogP contribution in [0.15, 0.2) is 24.3 Å². The first-order chi connectivity index (χ1) is 14.1. The molecule has 0 saturated carbocycles. The molecular weight excluding hydrogens is 370 g/mol. The van der Waals surface area contributed by atoms with Crippen molar-refractivity contribution in [2.75, 3.05) is 57.7 Å². The number of methoxy groups -OCH3 is 1. The van der Waals surface area contributed by atoms with E-state index in [1.807, 2.05) is 38.2 Å². The SMILES string of the molecule is CNc1cc(C)nc(Nc2ccc(OC)c(OCC3CCN(C4COC4)C3)c2)n1. The highest BCUT2D eigenvalue weighted by molar-refractivity contribution is 5.60. The molecule has 156 valence electrons. The second-order valence-electron chi connectivity index (χ2n) is 7.61. The summed E-state index contributed by atoms with van der Waals surface area (Å²) in [6, 6.07) is 8.27. The molecule has 0 radical (unpaired) electrons. The van der Waals surface area contributed by atoms with Crippen molar-refractivity contribution in [1.29, 1.82) is 0 Å². The van der Waals surface area contributed by atoms with Crippen molar-refractivity contribution in [3.63, 3.8) is 0 Å². The first-order valence-electron chi connectivity index (χ1n) is 10.1. The van der Waals surface area contributed by atoms with Crippen LogP contribution >= 0.6 is 0 Å². The molecule has 2 aliphatic heterocycles. The number of nitrogens with one attached hydrogen (secondary N) is 2. The monoisotopic (exact) mass is 399 g/mol. The van der Waals surface area contributed by atoms with Gasteiger partial charge in [-0.25, -0.2) is 4.98 Å². The smallest absolute Gasteiger partial charge is 0.229 e. The molecule has 1 unspecified atom stereocenters. The molecule has 2 aromatic rings. The minimum absolute atomic E-state index is 0.523. The van der Waals surface area contributed by atoms with Gasteiger partial charge in [0, 0.05) is 43.0 Å². The summed E-state index contributed by atoms with van der Waals surface area (Å²) in [7, 11) is 3.50. The highest BCUT2D eigenvalue weighted by Crippen LogP contribution is 2.32. The number of rotatable bonds is 8. The van der Waals surface area contributed by atoms with Gasteiger partial charge in [0.25, 0.3) is 0 Å². The lowest BCUT2D eigenvalue weighted by molar-refractivity contribution is -0.0584. The van der Waals surface area contributed by atoms with Gasteiger partial charge in [-0.2, -0.15) is 4.98 Å². The Labute approximate surface area is 171 Å². The van der Waals surface area contributed by atoms with Crippen molar-refractivity contribution in [2.24, 2.45) is 5.92 Å². The number of ether oxygens (including phenoxy) is 3. The van der Waals surface area contributed by atoms with Crippen LogP contribution in [-0.4, -0.2) is 68.0 Å². The van der Waals surface area contributed by atoms with Crippen LogP contribution in [-0.2, 0) is 4.74 Å². The summed E-state index contributed by atoms with van der Waals surface area (Å²) in [5.41, 5.74) is 1.74. The van der Waals surface area contributed by atoms with Gasteiger partial charge in [0.1, 0.15) is 5.82 Å². The lowest BCUT2D eigenvalue weighted by Gasteiger charge is -2.34. The predicted molar refractivity (Wildman–Crippen MR) is 112 cm³/mol. The lowest BCUT2D eigenvalue weighted by Crippen LogP contribution is -2.48. The normalized spacial score (nSPS) is 19.6. The van der Waals surface area contributed by atoms with Crippen LogP contribution in [0, 0.1) is 12.8 Å². The molecule has 4 rings (SSSR count). The molecule has 0 spiro atoms. The summed E-state index contributed by atoms with van der Waals surface area (Å²) in [4.78, 5) is 11.4. The lowest BCUT2D eigenvalue weighted by atomic mass is 10.1. The number of benzene rings is 1. The Kier molecular flexibility index (Phi) is 6.01. The summed E-state index contributed by atoms with van der Waals surface area (Å²) >= 11 is 0. The second-order valence-corrected chi connectivity index (χ2v) is 7.61. The van der Waals surface area contributed by atoms with Crippen molar-refractivity contribution in [1.82, 2.24) is 14.9 Å². The average Bonchev–Trinajstić information content (AvgIpc) is 3.13. The second kappa shape index (κ2) is 8.84. The molecule has 2 N–H and O–H groups in total. The summed E-state index contributed by atoms with van der Waals surface area (Å²) in [5.74, 6) is 3.28. The summed E-state index contributed by atoms with van der Waals surface area (Å²) in [6.07, 6.45) is 1.15. The average molecular weight is 399 g/mol. The molecule has 1 atom stereocenters. The molecule has 8 heteroatoms. The highest BCUT2D eigenvalue weighted by Gasteiger charge is 2.32. The van der Waals surface area contributed by atoms with Crippen LogP contribution < -0.4 is 20.1 Å². The third-order valence-electron chi connectivity index (χ3n) is 5.46. The molecule has 2 fully saturated rings. The van der Waals surface area contributed by atoms with Gasteiger partial charge in [-0.3, -0.25) is 4.90 Å². The van der Waals surface area contributed by atoms with Crippen molar-refractivity contribution >= 4 is 17.5 Å². The zero-order chi connectivity index (χ0) is 20.2. The van der Waals surface area contributed by atoms with E-state index in [1.165, 1.54) is 0 Å². The first kappa shape index (κ1) is 19.7. The van der Waals surface area contributed by atoms with Gasteiger partial charge in [0.05, 0.1) is 33.0 Å². The van der Waals surface area contributed by atoms with Crippen LogP contribution in [0.1, 0.15) is 12.1 Å². The van der Waals surface area contributed by atoms with Crippen LogP contribution in [0.25, 0.3) is 0 Å². The van der Waals surface area contributed by atoms with Gasteiger partial charge in [-0.1, -0.05) is 0 Å². The van der Waals surface area contributed by atoms with Crippen LogP contribution in [0.3, 0.4) is 0 Å². The molecule has 1 aromatic carbocycles. The van der Waals surface area contributed by atoms with Crippen molar-refractivity contribution < 1.29 is 14.2 Å². The number of nitrogens with zero attached hydrogens (tertiary/aromatic N) is 3. The zero-order valence-electron chi connectivity index (χ0n) is 17.3. The summed E-state index contributed by atoms with van der Waals surface area (Å²) in [5, 5.41) is 6.30. The Balaban J connectivity index is 1.41. The van der Waals surface area contributed by atoms with Crippen LogP contribution in [0.5, 0.6) is 11.5 Å². The number of anilines is 3. The van der Waals surface area contributed by atoms with Gasteiger partial charge in [-0.05, 0) is 32.0 Å². The molecule has 29 heavy (non-hydrogen) atoms. The van der Waals surface area contributed by atoms with Crippen LogP contribution in [0.4, 0.5) is 17.5 Å². The fourth-order valence-corrected chi connectivity index (χ4v) is 3.72. The molecule has 3 heterocycles. The Morgan fingerprint density at radius 3 is 2.79 bits per heavy atom. The minimum atomic E-state index is 0.523. The maximum atomic E-state index is 6.16. The minimum Gasteiger partial charge on any atom is -0.493 e. The third kappa shape index (κ3) is 4.71. The fourth-order valence-electron chi connectivity index (χ4n) is 3.72. The molecular formula is C21H29N5O3. The van der Waals surface area contributed by atoms with Crippen molar-refractivity contribution in [3.8, 4) is 11.5 Å². The van der Waals surface area contributed by atoms with Gasteiger partial charge in [0.15, 0.2) is 11.5 Å². The van der Waals surface area contributed by atoms with E-state index in [4.69, 9.17) is 14.2 Å². The fraction of sp³-hybridized carbons (Fsp3) is 0.524. The maximum absolute atomic E-state index is 6.16. The van der Waals surface area contributed by atoms with Crippen molar-refractivity contribution in [2.45, 2.75) is 19.4 Å². The van der Waals surface area contributed by atoms with Crippen molar-refractivity contribution in [3.05, 3.63) is 30.0 Å². The Morgan fingerprint density at radius 2 is 2.07 bits per heavy atom. The first-order valence-corrected chi connectivity index (χ1v) is 10.1. The summed E-state index contributed by atoms with van der Waals surface area (Å²) < 4.78 is 17.0. The topological polar surface area (TPSA) is 80.8 Å². The third-order valence-corrected chi connectivity index (χ3v) is 5.46. The van der Waals surface area contributed by atoms with E-state index in [9.17, 15) is 0 Å². The van der Waals surface area contributed by atoms with Gasteiger partial charge in [0.2, 0.25) is 5.95 Å². The Morgan fingerprint density at radius 1 is 1.21 bits per heavy atom. The van der Waals surface area contributed by atoms with Crippen LogP contribution in [0.2, 0.25) is 0 Å². The van der Waals surface area contributed by atoms with E-state index in [2.05, 4.69) is 25.5 Å². The largest absolute Gasteiger partial charge is 0.493 e. The maximum Gasteiger partial charge on any atom is 0.229 e. The molecule has 2 aliphatic rings. The van der Waals surface area contributed by atoms with E-state index >= 15 is 0 Å². The zero-order valence-corrected chi connectivity index (χ0v) is 17.3. The number of hydrogen-bond donors (Lipinski definition) is 2. The van der Waals surface area contributed by atoms with E-state index in [0.717, 1.165) is 61.4 Å². The van der Waals surface area contributed by atoms with Gasteiger partial charge >= 0.3 is 0 Å². The number of aryl methyl sites for hydroxylation is 1. The molecule has 0 aliphatic carbocycles. The summed E-state index contributed by atoms with van der Waals surface area (Å²) in [6.45, 7) is 6.54. The predicted octanol–water partition coefficient (Wildman–Crippen LogP) is 2.68. The number of hydrogen-bond acceptors (Lipinski definition) is 8. The molecule has 2 saturated heterocycles. The van der Waals surface area contributed by atoms with E-state index < -0.39 is 0 Å². The van der Waals surface area contributed by atoms with E-state index in [1.54, 1.807) is 7.11 Å². The quantitative estimate of drug-likeness (QED) is 0.701. The molecule has 8 nitrogen and oxygen atoms in total. The Hall–Kier alpha value is -2.58. The van der Waals surface area contributed by atoms with E-state index in [0.29, 0.717) is 24.5 Å². The standard InChI is InChI=1S/C21H29N5O3/c1-14-8-20(22-2)25-21(23-14)24-16-4-5-18(27-3)19(9-16)29-11-15-6-7-26(10-15)17-12-28-13-17/h4-5,8-9,15,17H,6-7,10-13H2,1-3H3,(H2,22,23,24,25). The molecule has 1 aromatic heterocycles. The molecule has 0 bridgehead atoms. The van der Waals surface area contributed by atoms with Gasteiger partial charge < -0.3 is 24.8 Å². The Bertz CT molecular complexity index is 843. The number of aromatic nitrogens is 2. The van der Waals surface area contributed by atoms with Gasteiger partial charge in [-0.15, -0.1) is 0 Å². The molecule has 0 amide bonds.